The number of nitrogens with zero attached hydrogens (tertiary/aromatic N) is 2. The van der Waals surface area contributed by atoms with Crippen molar-refractivity contribution in [3.05, 3.63) is 82.3 Å². The van der Waals surface area contributed by atoms with Crippen LogP contribution in [0.5, 0.6) is 0 Å². The van der Waals surface area contributed by atoms with Crippen molar-refractivity contribution in [1.29, 1.82) is 0 Å². The molecule has 2 aromatic carbocycles. The SMILES string of the molecule is Cc1nn(-c2ccc(C(=O)NCCc3c[nH]c4ccccc34)cc2)c(C)c1Cl. The van der Waals surface area contributed by atoms with Gasteiger partial charge in [-0.15, -0.1) is 0 Å². The summed E-state index contributed by atoms with van der Waals surface area (Å²) in [7, 11) is 0. The lowest BCUT2D eigenvalue weighted by atomic mass is 10.1. The van der Waals surface area contributed by atoms with Gasteiger partial charge in [-0.3, -0.25) is 4.79 Å². The van der Waals surface area contributed by atoms with E-state index in [1.165, 1.54) is 10.9 Å². The number of hydrogen-bond acceptors (Lipinski definition) is 2. The van der Waals surface area contributed by atoms with Gasteiger partial charge in [-0.25, -0.2) is 4.68 Å². The standard InChI is InChI=1S/C22H21ClN4O/c1-14-21(23)15(2)27(26-14)18-9-7-16(8-10-18)22(28)24-12-11-17-13-25-20-6-4-3-5-19(17)20/h3-10,13,25H,11-12H2,1-2H3,(H,24,28). The Morgan fingerprint density at radius 2 is 1.89 bits per heavy atom. The number of fused-ring (bicyclic) bond motifs is 1. The predicted octanol–water partition coefficient (Wildman–Crippen LogP) is 4.60. The van der Waals surface area contributed by atoms with Crippen molar-refractivity contribution >= 4 is 28.4 Å². The fourth-order valence-electron chi connectivity index (χ4n) is 3.38. The van der Waals surface area contributed by atoms with Gasteiger partial charge in [0.1, 0.15) is 0 Å². The molecule has 1 amide bonds. The van der Waals surface area contributed by atoms with E-state index in [2.05, 4.69) is 27.5 Å². The first-order valence-electron chi connectivity index (χ1n) is 9.20. The number of aromatic nitrogens is 3. The number of H-pyrrole nitrogens is 1. The number of hydrogen-bond donors (Lipinski definition) is 2. The second-order valence-electron chi connectivity index (χ2n) is 6.81. The Kier molecular flexibility index (Phi) is 4.92. The fraction of sp³-hybridized carbons (Fsp3) is 0.182. The summed E-state index contributed by atoms with van der Waals surface area (Å²) >= 11 is 6.22. The molecule has 2 N–H and O–H groups in total. The molecule has 5 nitrogen and oxygen atoms in total. The summed E-state index contributed by atoms with van der Waals surface area (Å²) in [6, 6.07) is 15.5. The Hall–Kier alpha value is -3.05. The number of aryl methyl sites for hydroxylation is 1. The maximum absolute atomic E-state index is 12.4. The molecule has 0 unspecified atom stereocenters. The Labute approximate surface area is 168 Å². The molecule has 0 spiro atoms. The van der Waals surface area contributed by atoms with E-state index in [1.807, 2.05) is 44.3 Å². The Bertz CT molecular complexity index is 1140. The van der Waals surface area contributed by atoms with E-state index in [0.717, 1.165) is 29.0 Å². The van der Waals surface area contributed by atoms with Crippen molar-refractivity contribution in [2.75, 3.05) is 6.54 Å². The minimum atomic E-state index is -0.0854. The molecule has 0 aliphatic carbocycles. The molecule has 4 aromatic rings. The molecule has 6 heteroatoms. The molecule has 0 saturated heterocycles. The summed E-state index contributed by atoms with van der Waals surface area (Å²) in [6.07, 6.45) is 2.78. The highest BCUT2D eigenvalue weighted by Crippen LogP contribution is 2.22. The van der Waals surface area contributed by atoms with Crippen molar-refractivity contribution in [1.82, 2.24) is 20.1 Å². The van der Waals surface area contributed by atoms with Crippen LogP contribution in [0.3, 0.4) is 0 Å². The third-order valence-electron chi connectivity index (χ3n) is 4.93. The second-order valence-corrected chi connectivity index (χ2v) is 7.19. The van der Waals surface area contributed by atoms with Crippen molar-refractivity contribution in [2.24, 2.45) is 0 Å². The van der Waals surface area contributed by atoms with Gasteiger partial charge in [-0.05, 0) is 56.2 Å². The lowest BCUT2D eigenvalue weighted by Crippen LogP contribution is -2.25. The third kappa shape index (κ3) is 3.41. The zero-order valence-corrected chi connectivity index (χ0v) is 16.5. The number of halogens is 1. The summed E-state index contributed by atoms with van der Waals surface area (Å²) in [5.74, 6) is -0.0854. The molecule has 142 valence electrons. The van der Waals surface area contributed by atoms with Gasteiger partial charge in [0, 0.05) is 29.2 Å². The van der Waals surface area contributed by atoms with Crippen LogP contribution in [0, 0.1) is 13.8 Å². The molecule has 0 atom stereocenters. The van der Waals surface area contributed by atoms with Gasteiger partial charge >= 0.3 is 0 Å². The molecule has 4 rings (SSSR count). The number of amides is 1. The number of nitrogens with one attached hydrogen (secondary N) is 2. The van der Waals surface area contributed by atoms with Crippen LogP contribution in [0.1, 0.15) is 27.3 Å². The van der Waals surface area contributed by atoms with E-state index in [0.29, 0.717) is 17.1 Å². The van der Waals surface area contributed by atoms with E-state index in [1.54, 1.807) is 16.8 Å². The molecule has 0 radical (unpaired) electrons. The van der Waals surface area contributed by atoms with Gasteiger partial charge < -0.3 is 10.3 Å². The van der Waals surface area contributed by atoms with E-state index in [9.17, 15) is 4.79 Å². The van der Waals surface area contributed by atoms with Gasteiger partial charge in [-0.2, -0.15) is 5.10 Å². The van der Waals surface area contributed by atoms with Crippen LogP contribution in [-0.4, -0.2) is 27.2 Å². The van der Waals surface area contributed by atoms with Crippen LogP contribution in [0.25, 0.3) is 16.6 Å². The lowest BCUT2D eigenvalue weighted by molar-refractivity contribution is 0.0954. The molecular formula is C22H21ClN4O. The molecule has 28 heavy (non-hydrogen) atoms. The summed E-state index contributed by atoms with van der Waals surface area (Å²) in [5, 5.41) is 9.29. The highest BCUT2D eigenvalue weighted by molar-refractivity contribution is 6.31. The Morgan fingerprint density at radius 1 is 1.14 bits per heavy atom. The van der Waals surface area contributed by atoms with Crippen LogP contribution in [-0.2, 0) is 6.42 Å². The van der Waals surface area contributed by atoms with Crippen molar-refractivity contribution in [3.8, 4) is 5.69 Å². The maximum atomic E-state index is 12.4. The van der Waals surface area contributed by atoms with Crippen LogP contribution >= 0.6 is 11.6 Å². The summed E-state index contributed by atoms with van der Waals surface area (Å²) < 4.78 is 1.79. The first kappa shape index (κ1) is 18.3. The molecule has 0 fully saturated rings. The topological polar surface area (TPSA) is 62.7 Å². The van der Waals surface area contributed by atoms with Gasteiger partial charge in [-0.1, -0.05) is 29.8 Å². The number of rotatable bonds is 5. The quantitative estimate of drug-likeness (QED) is 0.521. The Morgan fingerprint density at radius 3 is 2.61 bits per heavy atom. The number of benzene rings is 2. The van der Waals surface area contributed by atoms with Crippen LogP contribution in [0.15, 0.2) is 54.7 Å². The largest absolute Gasteiger partial charge is 0.361 e. The molecule has 0 saturated carbocycles. The molecule has 0 aliphatic heterocycles. The minimum Gasteiger partial charge on any atom is -0.361 e. The van der Waals surface area contributed by atoms with E-state index in [4.69, 9.17) is 11.6 Å². The molecular weight excluding hydrogens is 372 g/mol. The maximum Gasteiger partial charge on any atom is 0.251 e. The molecule has 2 aromatic heterocycles. The monoisotopic (exact) mass is 392 g/mol. The van der Waals surface area contributed by atoms with Crippen molar-refractivity contribution < 1.29 is 4.79 Å². The predicted molar refractivity (Wildman–Crippen MR) is 112 cm³/mol. The average molecular weight is 393 g/mol. The van der Waals surface area contributed by atoms with E-state index in [-0.39, 0.29) is 5.91 Å². The summed E-state index contributed by atoms with van der Waals surface area (Å²) in [4.78, 5) is 15.7. The molecule has 0 bridgehead atoms. The van der Waals surface area contributed by atoms with E-state index >= 15 is 0 Å². The third-order valence-corrected chi connectivity index (χ3v) is 5.48. The zero-order chi connectivity index (χ0) is 19.7. The number of carbonyl (C=O) groups excluding carboxylic acids is 1. The minimum absolute atomic E-state index is 0.0854. The van der Waals surface area contributed by atoms with Crippen LogP contribution in [0.2, 0.25) is 5.02 Å². The smallest absolute Gasteiger partial charge is 0.251 e. The number of para-hydroxylation sites is 1. The summed E-state index contributed by atoms with van der Waals surface area (Å²) in [6.45, 7) is 4.38. The fourth-order valence-corrected chi connectivity index (χ4v) is 3.50. The van der Waals surface area contributed by atoms with E-state index < -0.39 is 0 Å². The number of carbonyl (C=O) groups is 1. The highest BCUT2D eigenvalue weighted by atomic mass is 35.5. The zero-order valence-electron chi connectivity index (χ0n) is 15.8. The van der Waals surface area contributed by atoms with Gasteiger partial charge in [0.15, 0.2) is 0 Å². The first-order valence-corrected chi connectivity index (χ1v) is 9.58. The van der Waals surface area contributed by atoms with Gasteiger partial charge in [0.05, 0.1) is 22.1 Å². The first-order chi connectivity index (χ1) is 13.5. The van der Waals surface area contributed by atoms with Crippen LogP contribution in [0.4, 0.5) is 0 Å². The molecule has 2 heterocycles. The van der Waals surface area contributed by atoms with Gasteiger partial charge in [0.2, 0.25) is 0 Å². The van der Waals surface area contributed by atoms with Crippen molar-refractivity contribution in [2.45, 2.75) is 20.3 Å². The summed E-state index contributed by atoms with van der Waals surface area (Å²) in [5.41, 5.74) is 5.49. The second kappa shape index (κ2) is 7.52. The Balaban J connectivity index is 1.40. The average Bonchev–Trinajstić information content (AvgIpc) is 3.24. The lowest BCUT2D eigenvalue weighted by Gasteiger charge is -2.07. The number of aromatic amines is 1. The van der Waals surface area contributed by atoms with Crippen LogP contribution < -0.4 is 5.32 Å². The molecule has 0 aliphatic rings. The van der Waals surface area contributed by atoms with Crippen molar-refractivity contribution in [3.63, 3.8) is 0 Å². The normalized spacial score (nSPS) is 11.1. The highest BCUT2D eigenvalue weighted by Gasteiger charge is 2.12. The van der Waals surface area contributed by atoms with Gasteiger partial charge in [0.25, 0.3) is 5.91 Å².